The molecular formula is C49H29N3O2. The van der Waals surface area contributed by atoms with Crippen molar-refractivity contribution in [2.45, 2.75) is 0 Å². The van der Waals surface area contributed by atoms with E-state index in [1.807, 2.05) is 78.9 Å². The molecule has 3 heterocycles. The van der Waals surface area contributed by atoms with Crippen molar-refractivity contribution in [2.75, 3.05) is 0 Å². The molecule has 8 aromatic carbocycles. The molecule has 0 unspecified atom stereocenters. The fraction of sp³-hybridized carbons (Fsp3) is 0. The summed E-state index contributed by atoms with van der Waals surface area (Å²) in [4.78, 5) is 15.4. The lowest BCUT2D eigenvalue weighted by Gasteiger charge is -2.11. The molecule has 0 spiro atoms. The fourth-order valence-electron chi connectivity index (χ4n) is 7.75. The second-order valence-electron chi connectivity index (χ2n) is 13.6. The number of nitrogens with zero attached hydrogens (tertiary/aromatic N) is 3. The molecule has 0 N–H and O–H groups in total. The van der Waals surface area contributed by atoms with Crippen LogP contribution in [-0.2, 0) is 0 Å². The normalized spacial score (nSPS) is 11.7. The van der Waals surface area contributed by atoms with Gasteiger partial charge in [0.1, 0.15) is 22.3 Å². The van der Waals surface area contributed by atoms with E-state index in [0.717, 1.165) is 82.5 Å². The largest absolute Gasteiger partial charge is 0.456 e. The second kappa shape index (κ2) is 12.1. The molecule has 0 fully saturated rings. The van der Waals surface area contributed by atoms with Crippen LogP contribution in [0.15, 0.2) is 185 Å². The molecule has 0 saturated heterocycles. The Kier molecular flexibility index (Phi) is 6.79. The average Bonchev–Trinajstić information content (AvgIpc) is 3.82. The van der Waals surface area contributed by atoms with E-state index >= 15 is 0 Å². The van der Waals surface area contributed by atoms with Gasteiger partial charge in [-0.05, 0) is 64.0 Å². The Morgan fingerprint density at radius 2 is 0.870 bits per heavy atom. The van der Waals surface area contributed by atoms with Crippen molar-refractivity contribution in [3.05, 3.63) is 176 Å². The average molecular weight is 692 g/mol. The fourth-order valence-corrected chi connectivity index (χ4v) is 7.75. The molecule has 0 aliphatic heterocycles. The van der Waals surface area contributed by atoms with Gasteiger partial charge in [-0.1, -0.05) is 140 Å². The highest BCUT2D eigenvalue weighted by Gasteiger charge is 2.21. The van der Waals surface area contributed by atoms with E-state index in [9.17, 15) is 0 Å². The van der Waals surface area contributed by atoms with Gasteiger partial charge in [-0.25, -0.2) is 15.0 Å². The maximum atomic E-state index is 6.72. The zero-order valence-electron chi connectivity index (χ0n) is 28.9. The summed E-state index contributed by atoms with van der Waals surface area (Å²) in [7, 11) is 0. The van der Waals surface area contributed by atoms with E-state index < -0.39 is 0 Å². The van der Waals surface area contributed by atoms with Crippen molar-refractivity contribution >= 4 is 54.6 Å². The minimum Gasteiger partial charge on any atom is -0.456 e. The molecule has 5 heteroatoms. The van der Waals surface area contributed by atoms with Crippen molar-refractivity contribution < 1.29 is 8.83 Å². The number of para-hydroxylation sites is 1. The molecule has 0 radical (unpaired) electrons. The third-order valence-electron chi connectivity index (χ3n) is 10.3. The first-order chi connectivity index (χ1) is 26.7. The number of hydrogen-bond acceptors (Lipinski definition) is 5. The summed E-state index contributed by atoms with van der Waals surface area (Å²) in [5, 5.41) is 6.24. The lowest BCUT2D eigenvalue weighted by atomic mass is 9.93. The zero-order chi connectivity index (χ0) is 35.6. The van der Waals surface area contributed by atoms with Crippen molar-refractivity contribution in [1.82, 2.24) is 15.0 Å². The van der Waals surface area contributed by atoms with Gasteiger partial charge in [-0.2, -0.15) is 0 Å². The topological polar surface area (TPSA) is 65.0 Å². The molecule has 3 aromatic heterocycles. The smallest absolute Gasteiger partial charge is 0.164 e. The lowest BCUT2D eigenvalue weighted by Crippen LogP contribution is -2.00. The van der Waals surface area contributed by atoms with Gasteiger partial charge in [0.2, 0.25) is 0 Å². The van der Waals surface area contributed by atoms with Crippen LogP contribution in [0, 0.1) is 0 Å². The number of rotatable bonds is 5. The monoisotopic (exact) mass is 691 g/mol. The molecular weight excluding hydrogens is 663 g/mol. The summed E-state index contributed by atoms with van der Waals surface area (Å²) in [6.07, 6.45) is 0. The Morgan fingerprint density at radius 3 is 1.67 bits per heavy atom. The van der Waals surface area contributed by atoms with Crippen molar-refractivity contribution in [3.63, 3.8) is 0 Å². The van der Waals surface area contributed by atoms with Gasteiger partial charge in [0.05, 0.1) is 0 Å². The van der Waals surface area contributed by atoms with Gasteiger partial charge < -0.3 is 8.83 Å². The zero-order valence-corrected chi connectivity index (χ0v) is 28.9. The highest BCUT2D eigenvalue weighted by molar-refractivity contribution is 6.22. The van der Waals surface area contributed by atoms with Crippen LogP contribution in [0.2, 0.25) is 0 Å². The quantitative estimate of drug-likeness (QED) is 0.180. The maximum absolute atomic E-state index is 6.72. The number of furan rings is 2. The molecule has 0 bridgehead atoms. The van der Waals surface area contributed by atoms with Gasteiger partial charge in [0.25, 0.3) is 0 Å². The SMILES string of the molecule is c1ccc(-c2ccc(-c3cc4c(oc5cccc(-c6nc(-c7ccccc7)nc(-c7ccc8oc9ccccc9c8c7)n6)c54)c4ccccc34)cc2)cc1. The molecule has 0 amide bonds. The minimum atomic E-state index is 0.575. The minimum absolute atomic E-state index is 0.575. The highest BCUT2D eigenvalue weighted by Crippen LogP contribution is 2.43. The number of benzene rings is 8. The standard InChI is InChI=1S/C49H29N3O2/c1-3-12-30(13-4-1)31-22-24-32(25-23-31)39-29-41-45-38(19-11-21-44(45)54-46(41)37-18-8-7-16-35(37)39)49-51-47(33-14-5-2-6-15-33)50-48(52-49)34-26-27-43-40(28-34)36-17-9-10-20-42(36)53-43/h1-29H. The summed E-state index contributed by atoms with van der Waals surface area (Å²) >= 11 is 0. The molecule has 0 atom stereocenters. The summed E-state index contributed by atoms with van der Waals surface area (Å²) in [5.74, 6) is 1.76. The van der Waals surface area contributed by atoms with E-state index in [2.05, 4.69) is 97.1 Å². The number of fused-ring (bicyclic) bond motifs is 8. The summed E-state index contributed by atoms with van der Waals surface area (Å²) in [6, 6.07) is 60.5. The lowest BCUT2D eigenvalue weighted by molar-refractivity contribution is 0.669. The van der Waals surface area contributed by atoms with Gasteiger partial charge in [-0.15, -0.1) is 0 Å². The van der Waals surface area contributed by atoms with Crippen molar-refractivity contribution in [2.24, 2.45) is 0 Å². The first-order valence-corrected chi connectivity index (χ1v) is 18.0. The Morgan fingerprint density at radius 1 is 0.296 bits per heavy atom. The molecule has 11 rings (SSSR count). The van der Waals surface area contributed by atoms with Crippen LogP contribution < -0.4 is 0 Å². The van der Waals surface area contributed by atoms with Crippen LogP contribution in [0.4, 0.5) is 0 Å². The van der Waals surface area contributed by atoms with Crippen molar-refractivity contribution in [1.29, 1.82) is 0 Å². The highest BCUT2D eigenvalue weighted by atomic mass is 16.3. The van der Waals surface area contributed by atoms with Crippen LogP contribution in [0.3, 0.4) is 0 Å². The van der Waals surface area contributed by atoms with E-state index in [4.69, 9.17) is 23.8 Å². The molecule has 11 aromatic rings. The number of aromatic nitrogens is 3. The predicted octanol–water partition coefficient (Wildman–Crippen LogP) is 13.2. The Hall–Kier alpha value is -7.37. The van der Waals surface area contributed by atoms with Gasteiger partial charge in [0.15, 0.2) is 17.5 Å². The first kappa shape index (κ1) is 30.3. The van der Waals surface area contributed by atoms with Crippen LogP contribution in [0.25, 0.3) is 111 Å². The van der Waals surface area contributed by atoms with E-state index in [1.54, 1.807) is 0 Å². The second-order valence-corrected chi connectivity index (χ2v) is 13.6. The summed E-state index contributed by atoms with van der Waals surface area (Å²) < 4.78 is 12.9. The van der Waals surface area contributed by atoms with Gasteiger partial charge in [0, 0.05) is 43.6 Å². The predicted molar refractivity (Wildman–Crippen MR) is 219 cm³/mol. The van der Waals surface area contributed by atoms with Crippen molar-refractivity contribution in [3.8, 4) is 56.4 Å². The van der Waals surface area contributed by atoms with Crippen LogP contribution in [0.5, 0.6) is 0 Å². The molecule has 54 heavy (non-hydrogen) atoms. The number of hydrogen-bond donors (Lipinski definition) is 0. The Balaban J connectivity index is 1.14. The third-order valence-corrected chi connectivity index (χ3v) is 10.3. The first-order valence-electron chi connectivity index (χ1n) is 18.0. The Bertz CT molecular complexity index is 3200. The van der Waals surface area contributed by atoms with Crippen LogP contribution in [0.1, 0.15) is 0 Å². The summed E-state index contributed by atoms with van der Waals surface area (Å²) in [5.41, 5.74) is 10.6. The maximum Gasteiger partial charge on any atom is 0.164 e. The third kappa shape index (κ3) is 4.90. The molecule has 0 saturated carbocycles. The van der Waals surface area contributed by atoms with E-state index in [0.29, 0.717) is 17.5 Å². The molecule has 0 aliphatic carbocycles. The van der Waals surface area contributed by atoms with E-state index in [1.165, 1.54) is 11.1 Å². The van der Waals surface area contributed by atoms with Gasteiger partial charge >= 0.3 is 0 Å². The molecule has 5 nitrogen and oxygen atoms in total. The van der Waals surface area contributed by atoms with Gasteiger partial charge in [-0.3, -0.25) is 0 Å². The van der Waals surface area contributed by atoms with Crippen LogP contribution >= 0.6 is 0 Å². The van der Waals surface area contributed by atoms with E-state index in [-0.39, 0.29) is 0 Å². The Labute approximate surface area is 309 Å². The molecule has 252 valence electrons. The van der Waals surface area contributed by atoms with Crippen LogP contribution in [-0.4, -0.2) is 15.0 Å². The molecule has 0 aliphatic rings. The summed E-state index contributed by atoms with van der Waals surface area (Å²) in [6.45, 7) is 0.